The van der Waals surface area contributed by atoms with Crippen LogP contribution in [-0.4, -0.2) is 25.1 Å². The van der Waals surface area contributed by atoms with Gasteiger partial charge in [0.2, 0.25) is 5.96 Å². The van der Waals surface area contributed by atoms with Crippen LogP contribution in [0, 0.1) is 5.82 Å². The van der Waals surface area contributed by atoms with E-state index in [1.807, 2.05) is 0 Å². The standard InChI is InChI=1S/C9H15FN6O/c1-16(13)9(15-12)14-6-3-5(10)4-7(17-2)8(6)11/h3-4H,11-13H2,1-2H3,(H,14,15). The van der Waals surface area contributed by atoms with Crippen molar-refractivity contribution in [3.05, 3.63) is 17.9 Å². The van der Waals surface area contributed by atoms with E-state index in [-0.39, 0.29) is 23.1 Å². The summed E-state index contributed by atoms with van der Waals surface area (Å²) in [7, 11) is 2.90. The molecule has 0 radical (unpaired) electrons. The van der Waals surface area contributed by atoms with Gasteiger partial charge in [-0.25, -0.2) is 21.1 Å². The van der Waals surface area contributed by atoms with E-state index in [0.29, 0.717) is 0 Å². The normalized spacial score (nSPS) is 11.2. The van der Waals surface area contributed by atoms with Crippen LogP contribution in [0.15, 0.2) is 17.1 Å². The fourth-order valence-electron chi connectivity index (χ4n) is 1.17. The molecule has 94 valence electrons. The molecule has 0 spiro atoms. The Bertz CT molecular complexity index is 434. The van der Waals surface area contributed by atoms with Crippen molar-refractivity contribution in [3.63, 3.8) is 0 Å². The van der Waals surface area contributed by atoms with E-state index < -0.39 is 5.82 Å². The van der Waals surface area contributed by atoms with E-state index >= 15 is 0 Å². The van der Waals surface area contributed by atoms with Crippen molar-refractivity contribution in [1.82, 2.24) is 10.4 Å². The molecule has 1 rings (SSSR count). The Balaban J connectivity index is 3.26. The van der Waals surface area contributed by atoms with Crippen LogP contribution in [-0.2, 0) is 0 Å². The minimum atomic E-state index is -0.522. The number of benzene rings is 1. The molecule has 17 heavy (non-hydrogen) atoms. The van der Waals surface area contributed by atoms with Crippen LogP contribution < -0.4 is 27.6 Å². The van der Waals surface area contributed by atoms with Crippen LogP contribution in [0.25, 0.3) is 0 Å². The smallest absolute Gasteiger partial charge is 0.227 e. The fourth-order valence-corrected chi connectivity index (χ4v) is 1.17. The number of hydrazine groups is 2. The highest BCUT2D eigenvalue weighted by Gasteiger charge is 2.10. The second-order valence-corrected chi connectivity index (χ2v) is 3.23. The van der Waals surface area contributed by atoms with Crippen LogP contribution in [0.4, 0.5) is 15.8 Å². The minimum Gasteiger partial charge on any atom is -0.494 e. The van der Waals surface area contributed by atoms with Gasteiger partial charge in [0, 0.05) is 19.2 Å². The van der Waals surface area contributed by atoms with Crippen molar-refractivity contribution < 1.29 is 9.13 Å². The van der Waals surface area contributed by atoms with E-state index in [4.69, 9.17) is 22.2 Å². The summed E-state index contributed by atoms with van der Waals surface area (Å²) in [6.07, 6.45) is 0. The van der Waals surface area contributed by atoms with E-state index in [2.05, 4.69) is 10.4 Å². The second kappa shape index (κ2) is 5.32. The van der Waals surface area contributed by atoms with Gasteiger partial charge in [-0.05, 0) is 0 Å². The fraction of sp³-hybridized carbons (Fsp3) is 0.222. The number of nitrogens with two attached hydrogens (primary N) is 3. The molecular weight excluding hydrogens is 227 g/mol. The van der Waals surface area contributed by atoms with Gasteiger partial charge in [0.1, 0.15) is 17.3 Å². The van der Waals surface area contributed by atoms with Gasteiger partial charge in [0.05, 0.1) is 12.8 Å². The minimum absolute atomic E-state index is 0.129. The van der Waals surface area contributed by atoms with Crippen LogP contribution in [0.2, 0.25) is 0 Å². The molecule has 0 heterocycles. The first-order valence-electron chi connectivity index (χ1n) is 4.66. The van der Waals surface area contributed by atoms with Gasteiger partial charge in [-0.2, -0.15) is 0 Å². The lowest BCUT2D eigenvalue weighted by Crippen LogP contribution is -2.46. The molecule has 0 aromatic heterocycles. The highest BCUT2D eigenvalue weighted by molar-refractivity contribution is 5.84. The summed E-state index contributed by atoms with van der Waals surface area (Å²) in [5, 5.41) is 1.14. The zero-order valence-electron chi connectivity index (χ0n) is 9.57. The van der Waals surface area contributed by atoms with Gasteiger partial charge in [-0.15, -0.1) is 0 Å². The Morgan fingerprint density at radius 2 is 2.18 bits per heavy atom. The van der Waals surface area contributed by atoms with Crippen LogP contribution in [0.3, 0.4) is 0 Å². The Labute approximate surface area is 98.0 Å². The number of guanidine groups is 1. The van der Waals surface area contributed by atoms with Crippen LogP contribution in [0.5, 0.6) is 5.75 Å². The van der Waals surface area contributed by atoms with E-state index in [9.17, 15) is 4.39 Å². The Hall–Kier alpha value is -2.06. The molecule has 0 amide bonds. The summed E-state index contributed by atoms with van der Waals surface area (Å²) in [6, 6.07) is 2.31. The van der Waals surface area contributed by atoms with E-state index in [1.54, 1.807) is 0 Å². The molecule has 1 aromatic rings. The lowest BCUT2D eigenvalue weighted by Gasteiger charge is -2.15. The third kappa shape index (κ3) is 2.95. The quantitative estimate of drug-likeness (QED) is 0.186. The summed E-state index contributed by atoms with van der Waals surface area (Å²) in [4.78, 5) is 3.98. The number of hydrogen-bond donors (Lipinski definition) is 4. The highest BCUT2D eigenvalue weighted by Crippen LogP contribution is 2.32. The first kappa shape index (κ1) is 13.0. The number of nitrogens with one attached hydrogen (secondary N) is 1. The molecule has 0 fully saturated rings. The lowest BCUT2D eigenvalue weighted by atomic mass is 10.2. The third-order valence-electron chi connectivity index (χ3n) is 1.99. The molecule has 7 N–H and O–H groups in total. The SMILES string of the molecule is COc1cc(F)cc(N=C(NN)N(C)N)c1N. The molecule has 0 atom stereocenters. The number of methoxy groups -OCH3 is 1. The zero-order chi connectivity index (χ0) is 13.0. The van der Waals surface area contributed by atoms with Gasteiger partial charge >= 0.3 is 0 Å². The topological polar surface area (TPSA) is 115 Å². The van der Waals surface area contributed by atoms with Gasteiger partial charge in [-0.1, -0.05) is 0 Å². The number of anilines is 1. The number of nitrogens with zero attached hydrogens (tertiary/aromatic N) is 2. The molecule has 0 aliphatic heterocycles. The lowest BCUT2D eigenvalue weighted by molar-refractivity contribution is 0.413. The predicted molar refractivity (Wildman–Crippen MR) is 63.7 cm³/mol. The maximum Gasteiger partial charge on any atom is 0.227 e. The maximum atomic E-state index is 13.2. The molecule has 1 aromatic carbocycles. The van der Waals surface area contributed by atoms with Gasteiger partial charge in [-0.3, -0.25) is 10.4 Å². The molecule has 0 saturated heterocycles. The van der Waals surface area contributed by atoms with Crippen LogP contribution in [0.1, 0.15) is 0 Å². The number of hydrogen-bond acceptors (Lipinski definition) is 5. The second-order valence-electron chi connectivity index (χ2n) is 3.23. The van der Waals surface area contributed by atoms with Gasteiger partial charge in [0.15, 0.2) is 0 Å². The van der Waals surface area contributed by atoms with Crippen molar-refractivity contribution in [2.45, 2.75) is 0 Å². The summed E-state index contributed by atoms with van der Waals surface area (Å²) in [5.41, 5.74) is 8.38. The Kier molecular flexibility index (Phi) is 4.07. The van der Waals surface area contributed by atoms with Gasteiger partial charge < -0.3 is 10.5 Å². The average Bonchev–Trinajstić information content (AvgIpc) is 2.29. The monoisotopic (exact) mass is 242 g/mol. The van der Waals surface area contributed by atoms with Crippen molar-refractivity contribution >= 4 is 17.3 Å². The summed E-state index contributed by atoms with van der Waals surface area (Å²) >= 11 is 0. The third-order valence-corrected chi connectivity index (χ3v) is 1.99. The Morgan fingerprint density at radius 3 is 2.65 bits per heavy atom. The molecule has 0 bridgehead atoms. The van der Waals surface area contributed by atoms with E-state index in [0.717, 1.165) is 17.1 Å². The van der Waals surface area contributed by atoms with Crippen molar-refractivity contribution in [2.75, 3.05) is 19.9 Å². The van der Waals surface area contributed by atoms with Crippen molar-refractivity contribution in [2.24, 2.45) is 16.7 Å². The number of rotatable bonds is 2. The van der Waals surface area contributed by atoms with Crippen molar-refractivity contribution in [1.29, 1.82) is 0 Å². The number of ether oxygens (including phenoxy) is 1. The number of halogens is 1. The number of nitrogen functional groups attached to an aromatic ring is 1. The summed E-state index contributed by atoms with van der Waals surface area (Å²) in [5.74, 6) is 10.5. The zero-order valence-corrected chi connectivity index (χ0v) is 9.57. The highest BCUT2D eigenvalue weighted by atomic mass is 19.1. The molecule has 0 aliphatic rings. The first-order valence-corrected chi connectivity index (χ1v) is 4.66. The number of aliphatic imine (C=N–C) groups is 1. The molecule has 0 aliphatic carbocycles. The largest absolute Gasteiger partial charge is 0.494 e. The first-order chi connectivity index (χ1) is 7.99. The molecule has 8 heteroatoms. The molecular formula is C9H15FN6O. The molecule has 0 unspecified atom stereocenters. The molecule has 0 saturated carbocycles. The summed E-state index contributed by atoms with van der Waals surface area (Å²) in [6.45, 7) is 0. The van der Waals surface area contributed by atoms with Gasteiger partial charge in [0.25, 0.3) is 0 Å². The maximum absolute atomic E-state index is 13.2. The average molecular weight is 242 g/mol. The van der Waals surface area contributed by atoms with Crippen molar-refractivity contribution in [3.8, 4) is 5.75 Å². The Morgan fingerprint density at radius 1 is 1.53 bits per heavy atom. The van der Waals surface area contributed by atoms with Crippen LogP contribution >= 0.6 is 0 Å². The summed E-state index contributed by atoms with van der Waals surface area (Å²) < 4.78 is 18.2. The molecule has 7 nitrogen and oxygen atoms in total. The predicted octanol–water partition coefficient (Wildman–Crippen LogP) is -0.327. The van der Waals surface area contributed by atoms with E-state index in [1.165, 1.54) is 14.2 Å².